The predicted molar refractivity (Wildman–Crippen MR) is 128 cm³/mol. The number of nitrogens with one attached hydrogen (secondary N) is 2. The molecule has 10 nitrogen and oxygen atoms in total. The van der Waals surface area contributed by atoms with E-state index in [0.29, 0.717) is 24.7 Å². The molecule has 0 aliphatic carbocycles. The Hall–Kier alpha value is -3.68. The topological polar surface area (TPSA) is 128 Å². The molecular formula is C22H17ClF2N6O4S. The van der Waals surface area contributed by atoms with Crippen molar-refractivity contribution in [3.05, 3.63) is 59.5 Å². The van der Waals surface area contributed by atoms with Crippen LogP contribution in [0.5, 0.6) is 5.88 Å². The summed E-state index contributed by atoms with van der Waals surface area (Å²) in [6.45, 7) is 1.06. The Morgan fingerprint density at radius 1 is 1.08 bits per heavy atom. The summed E-state index contributed by atoms with van der Waals surface area (Å²) in [7, 11) is -3.19. The van der Waals surface area contributed by atoms with Crippen molar-refractivity contribution in [2.24, 2.45) is 0 Å². The molecule has 5 rings (SSSR count). The second kappa shape index (κ2) is 9.41. The molecule has 0 bridgehead atoms. The lowest BCUT2D eigenvalue weighted by atomic mass is 10.0. The van der Waals surface area contributed by atoms with Crippen LogP contribution >= 0.6 is 11.6 Å². The third-order valence-corrected chi connectivity index (χ3v) is 6.89. The Labute approximate surface area is 208 Å². The smallest absolute Gasteiger partial charge is 0.268 e. The van der Waals surface area contributed by atoms with Gasteiger partial charge in [-0.15, -0.1) is 0 Å². The molecule has 0 radical (unpaired) electrons. The number of benzene rings is 1. The van der Waals surface area contributed by atoms with Crippen molar-refractivity contribution < 1.29 is 26.7 Å². The van der Waals surface area contributed by atoms with Crippen LogP contribution in [0.15, 0.2) is 47.8 Å². The zero-order valence-corrected chi connectivity index (χ0v) is 20.1. The fourth-order valence-electron chi connectivity index (χ4n) is 3.51. The van der Waals surface area contributed by atoms with E-state index in [1.54, 1.807) is 0 Å². The summed E-state index contributed by atoms with van der Waals surface area (Å²) < 4.78 is 68.7. The lowest BCUT2D eigenvalue weighted by molar-refractivity contribution is 0.0208. The van der Waals surface area contributed by atoms with Gasteiger partial charge in [0.15, 0.2) is 16.5 Å². The average molecular weight is 535 g/mol. The summed E-state index contributed by atoms with van der Waals surface area (Å²) in [5.74, 6) is -2.43. The highest BCUT2D eigenvalue weighted by Gasteiger charge is 2.25. The SMILES string of the molecule is COc1ncc(Cl)cc1S(=O)(=O)Nc1nccc(-c2ccc3nc(NC4COC4)ncc3c2F)c1F. The number of rotatable bonds is 7. The number of sulfonamides is 1. The number of halogens is 3. The summed E-state index contributed by atoms with van der Waals surface area (Å²) >= 11 is 5.87. The first-order valence-corrected chi connectivity index (χ1v) is 12.3. The van der Waals surface area contributed by atoms with E-state index in [-0.39, 0.29) is 33.5 Å². The molecule has 1 aliphatic heterocycles. The summed E-state index contributed by atoms with van der Waals surface area (Å²) in [5, 5.41) is 3.17. The molecule has 4 aromatic rings. The van der Waals surface area contributed by atoms with Crippen molar-refractivity contribution in [1.29, 1.82) is 0 Å². The zero-order valence-electron chi connectivity index (χ0n) is 18.5. The van der Waals surface area contributed by atoms with Crippen molar-refractivity contribution >= 4 is 44.3 Å². The minimum atomic E-state index is -4.41. The van der Waals surface area contributed by atoms with E-state index in [9.17, 15) is 8.42 Å². The van der Waals surface area contributed by atoms with E-state index < -0.39 is 32.4 Å². The number of pyridine rings is 2. The van der Waals surface area contributed by atoms with Crippen LogP contribution in [-0.4, -0.2) is 54.7 Å². The van der Waals surface area contributed by atoms with Gasteiger partial charge in [-0.25, -0.2) is 37.1 Å². The number of ether oxygens (including phenoxy) is 2. The van der Waals surface area contributed by atoms with E-state index in [1.807, 2.05) is 0 Å². The van der Waals surface area contributed by atoms with Gasteiger partial charge >= 0.3 is 0 Å². The molecule has 36 heavy (non-hydrogen) atoms. The Morgan fingerprint density at radius 3 is 2.58 bits per heavy atom. The predicted octanol–water partition coefficient (Wildman–Crippen LogP) is 3.64. The number of hydrogen-bond acceptors (Lipinski definition) is 9. The highest BCUT2D eigenvalue weighted by molar-refractivity contribution is 7.92. The van der Waals surface area contributed by atoms with Crippen molar-refractivity contribution in [2.45, 2.75) is 10.9 Å². The lowest BCUT2D eigenvalue weighted by Gasteiger charge is -2.26. The first-order valence-electron chi connectivity index (χ1n) is 10.4. The van der Waals surface area contributed by atoms with Crippen molar-refractivity contribution in [3.63, 3.8) is 0 Å². The van der Waals surface area contributed by atoms with Gasteiger partial charge in [0.2, 0.25) is 11.8 Å². The monoisotopic (exact) mass is 534 g/mol. The molecule has 0 saturated carbocycles. The van der Waals surface area contributed by atoms with Gasteiger partial charge in [-0.1, -0.05) is 11.6 Å². The minimum absolute atomic E-state index is 0.0261. The summed E-state index contributed by atoms with van der Waals surface area (Å²) in [6.07, 6.45) is 3.65. The number of anilines is 2. The third-order valence-electron chi connectivity index (χ3n) is 5.35. The van der Waals surface area contributed by atoms with Gasteiger partial charge in [-0.3, -0.25) is 4.72 Å². The Bertz CT molecular complexity index is 1590. The maximum Gasteiger partial charge on any atom is 0.268 e. The molecule has 1 aliphatic rings. The molecule has 1 fully saturated rings. The summed E-state index contributed by atoms with van der Waals surface area (Å²) in [4.78, 5) is 15.6. The van der Waals surface area contributed by atoms with Crippen molar-refractivity contribution in [3.8, 4) is 17.0 Å². The minimum Gasteiger partial charge on any atom is -0.480 e. The molecule has 0 atom stereocenters. The van der Waals surface area contributed by atoms with Crippen LogP contribution < -0.4 is 14.8 Å². The molecule has 0 amide bonds. The number of nitrogens with zero attached hydrogens (tertiary/aromatic N) is 4. The molecule has 3 aromatic heterocycles. The highest BCUT2D eigenvalue weighted by Crippen LogP contribution is 2.33. The van der Waals surface area contributed by atoms with Crippen LogP contribution in [-0.2, 0) is 14.8 Å². The van der Waals surface area contributed by atoms with Crippen LogP contribution in [0.25, 0.3) is 22.0 Å². The van der Waals surface area contributed by atoms with Crippen molar-refractivity contribution in [1.82, 2.24) is 19.9 Å². The second-order valence-electron chi connectivity index (χ2n) is 7.72. The van der Waals surface area contributed by atoms with Gasteiger partial charge in [-0.05, 0) is 24.3 Å². The largest absolute Gasteiger partial charge is 0.480 e. The Kier molecular flexibility index (Phi) is 6.28. The van der Waals surface area contributed by atoms with Crippen LogP contribution in [0.2, 0.25) is 5.02 Å². The fraction of sp³-hybridized carbons (Fsp3) is 0.182. The first-order chi connectivity index (χ1) is 17.3. The van der Waals surface area contributed by atoms with Gasteiger partial charge in [0, 0.05) is 29.7 Å². The zero-order chi connectivity index (χ0) is 25.4. The second-order valence-corrected chi connectivity index (χ2v) is 9.81. The van der Waals surface area contributed by atoms with Crippen LogP contribution in [0.4, 0.5) is 20.5 Å². The molecule has 186 valence electrons. The lowest BCUT2D eigenvalue weighted by Crippen LogP contribution is -2.40. The first kappa shape index (κ1) is 24.0. The van der Waals surface area contributed by atoms with E-state index in [2.05, 4.69) is 30.0 Å². The Morgan fingerprint density at radius 2 is 1.86 bits per heavy atom. The van der Waals surface area contributed by atoms with E-state index in [0.717, 1.165) is 12.3 Å². The van der Waals surface area contributed by atoms with Gasteiger partial charge in [0.05, 0.1) is 42.3 Å². The van der Waals surface area contributed by atoms with Gasteiger partial charge in [0.1, 0.15) is 5.82 Å². The normalized spacial score (nSPS) is 13.9. The van der Waals surface area contributed by atoms with E-state index >= 15 is 8.78 Å². The maximum atomic E-state index is 15.4. The highest BCUT2D eigenvalue weighted by atomic mass is 35.5. The summed E-state index contributed by atoms with van der Waals surface area (Å²) in [5.41, 5.74) is -0.0291. The van der Waals surface area contributed by atoms with Gasteiger partial charge < -0.3 is 14.8 Å². The molecule has 14 heteroatoms. The quantitative estimate of drug-likeness (QED) is 0.365. The van der Waals surface area contributed by atoms with Gasteiger partial charge in [-0.2, -0.15) is 0 Å². The van der Waals surface area contributed by atoms with Crippen LogP contribution in [0, 0.1) is 11.6 Å². The molecule has 1 saturated heterocycles. The average Bonchev–Trinajstić information content (AvgIpc) is 2.83. The Balaban J connectivity index is 1.50. The van der Waals surface area contributed by atoms with Crippen molar-refractivity contribution in [2.75, 3.05) is 30.4 Å². The van der Waals surface area contributed by atoms with E-state index in [1.165, 1.54) is 37.7 Å². The molecule has 0 spiro atoms. The fourth-order valence-corrected chi connectivity index (χ4v) is 4.89. The number of methoxy groups -OCH3 is 1. The maximum absolute atomic E-state index is 15.4. The molecule has 0 unspecified atom stereocenters. The van der Waals surface area contributed by atoms with Crippen LogP contribution in [0.1, 0.15) is 0 Å². The summed E-state index contributed by atoms with van der Waals surface area (Å²) in [6, 6.07) is 5.28. The van der Waals surface area contributed by atoms with E-state index in [4.69, 9.17) is 21.1 Å². The number of fused-ring (bicyclic) bond motifs is 1. The molecule has 2 N–H and O–H groups in total. The number of hydrogen-bond donors (Lipinski definition) is 2. The standard InChI is InChI=1S/C22H17ClF2N6O4S/c1-34-21-17(6-11(23)7-27-21)36(32,33)31-20-19(25)14(4-5-26-20)13-2-3-16-15(18(13)24)8-28-22(30-16)29-12-9-35-10-12/h2-8,12H,9-10H2,1H3,(H,26,31)(H,28,29,30). The number of aromatic nitrogens is 4. The third kappa shape index (κ3) is 4.47. The molecular weight excluding hydrogens is 518 g/mol. The molecule has 4 heterocycles. The molecule has 1 aromatic carbocycles. The van der Waals surface area contributed by atoms with Crippen LogP contribution in [0.3, 0.4) is 0 Å². The van der Waals surface area contributed by atoms with Gasteiger partial charge in [0.25, 0.3) is 10.0 Å².